The largest absolute Gasteiger partial charge is 0.465 e. The maximum atomic E-state index is 11.4. The summed E-state index contributed by atoms with van der Waals surface area (Å²) in [5.74, 6) is -1.11. The molecule has 0 aromatic carbocycles. The number of amides is 2. The number of hydrogen-bond acceptors (Lipinski definition) is 4. The maximum Gasteiger partial charge on any atom is 0.325 e. The summed E-state index contributed by atoms with van der Waals surface area (Å²) in [7, 11) is 0. The van der Waals surface area contributed by atoms with Crippen LogP contribution in [-0.4, -0.2) is 37.0 Å². The summed E-state index contributed by atoms with van der Waals surface area (Å²) in [4.78, 5) is 33.3. The first kappa shape index (κ1) is 14.4. The molecule has 0 spiro atoms. The predicted molar refractivity (Wildman–Crippen MR) is 57.5 cm³/mol. The van der Waals surface area contributed by atoms with Crippen LogP contribution >= 0.6 is 0 Å². The van der Waals surface area contributed by atoms with Gasteiger partial charge in [0, 0.05) is 6.42 Å². The van der Waals surface area contributed by atoms with Crippen molar-refractivity contribution in [3.63, 3.8) is 0 Å². The van der Waals surface area contributed by atoms with Gasteiger partial charge in [-0.05, 0) is 13.8 Å². The molecule has 2 amide bonds. The Labute approximate surface area is 94.7 Å². The Bertz CT molecular complexity index is 266. The van der Waals surface area contributed by atoms with E-state index in [1.165, 1.54) is 0 Å². The van der Waals surface area contributed by atoms with Gasteiger partial charge >= 0.3 is 5.97 Å². The fourth-order valence-electron chi connectivity index (χ4n) is 0.933. The van der Waals surface area contributed by atoms with E-state index in [9.17, 15) is 14.4 Å². The minimum Gasteiger partial charge on any atom is -0.465 e. The molecule has 16 heavy (non-hydrogen) atoms. The first-order valence-electron chi connectivity index (χ1n) is 5.23. The first-order valence-corrected chi connectivity index (χ1v) is 5.23. The Hall–Kier alpha value is -1.59. The molecule has 92 valence electrons. The number of nitrogens with one attached hydrogen (secondary N) is 2. The summed E-state index contributed by atoms with van der Waals surface area (Å²) in [6, 6.07) is -0.651. The third kappa shape index (κ3) is 6.00. The Morgan fingerprint density at radius 1 is 1.25 bits per heavy atom. The van der Waals surface area contributed by atoms with Crippen LogP contribution in [0.5, 0.6) is 0 Å². The molecule has 1 unspecified atom stereocenters. The molecule has 0 aliphatic heterocycles. The van der Waals surface area contributed by atoms with Gasteiger partial charge in [-0.25, -0.2) is 0 Å². The molecule has 0 saturated carbocycles. The molecule has 0 fully saturated rings. The monoisotopic (exact) mass is 230 g/mol. The maximum absolute atomic E-state index is 11.4. The SMILES string of the molecule is CCOC(=O)CNC(=O)C(C)NC(=O)CC. The minimum atomic E-state index is -0.651. The van der Waals surface area contributed by atoms with E-state index in [4.69, 9.17) is 0 Å². The third-order valence-electron chi connectivity index (χ3n) is 1.80. The second-order valence-electron chi connectivity index (χ2n) is 3.17. The van der Waals surface area contributed by atoms with Gasteiger partial charge in [-0.2, -0.15) is 0 Å². The lowest BCUT2D eigenvalue weighted by molar-refractivity contribution is -0.143. The molecule has 0 radical (unpaired) electrons. The number of carbonyl (C=O) groups excluding carboxylic acids is 3. The van der Waals surface area contributed by atoms with Crippen molar-refractivity contribution in [1.82, 2.24) is 10.6 Å². The summed E-state index contributed by atoms with van der Waals surface area (Å²) in [6.07, 6.45) is 0.315. The van der Waals surface area contributed by atoms with Crippen molar-refractivity contribution in [2.45, 2.75) is 33.2 Å². The van der Waals surface area contributed by atoms with E-state index in [2.05, 4.69) is 15.4 Å². The van der Waals surface area contributed by atoms with Crippen LogP contribution in [-0.2, 0) is 19.1 Å². The molecule has 0 aliphatic rings. The third-order valence-corrected chi connectivity index (χ3v) is 1.80. The van der Waals surface area contributed by atoms with E-state index in [0.29, 0.717) is 6.42 Å². The fraction of sp³-hybridized carbons (Fsp3) is 0.700. The molecule has 0 bridgehead atoms. The van der Waals surface area contributed by atoms with Crippen LogP contribution in [0.25, 0.3) is 0 Å². The van der Waals surface area contributed by atoms with E-state index in [1.54, 1.807) is 20.8 Å². The molecule has 0 aromatic heterocycles. The van der Waals surface area contributed by atoms with Crippen LogP contribution in [0.4, 0.5) is 0 Å². The average molecular weight is 230 g/mol. The van der Waals surface area contributed by atoms with E-state index in [-0.39, 0.29) is 19.1 Å². The second kappa shape index (κ2) is 7.67. The number of ether oxygens (including phenoxy) is 1. The molecule has 1 atom stereocenters. The molecule has 0 aromatic rings. The minimum absolute atomic E-state index is 0.182. The molecule has 0 heterocycles. The van der Waals surface area contributed by atoms with Crippen molar-refractivity contribution in [3.8, 4) is 0 Å². The Kier molecular flexibility index (Phi) is 6.91. The molecule has 6 heteroatoms. The van der Waals surface area contributed by atoms with Crippen LogP contribution < -0.4 is 10.6 Å². The van der Waals surface area contributed by atoms with Crippen molar-refractivity contribution in [2.24, 2.45) is 0 Å². The van der Waals surface area contributed by atoms with E-state index in [0.717, 1.165) is 0 Å². The summed E-state index contributed by atoms with van der Waals surface area (Å²) in [5, 5.41) is 4.85. The van der Waals surface area contributed by atoms with Gasteiger partial charge in [-0.3, -0.25) is 14.4 Å². The van der Waals surface area contributed by atoms with Crippen molar-refractivity contribution < 1.29 is 19.1 Å². The lowest BCUT2D eigenvalue weighted by Crippen LogP contribution is -2.46. The zero-order valence-electron chi connectivity index (χ0n) is 9.83. The predicted octanol–water partition coefficient (Wildman–Crippen LogP) is -0.420. The highest BCUT2D eigenvalue weighted by molar-refractivity contribution is 5.89. The van der Waals surface area contributed by atoms with Crippen molar-refractivity contribution in [2.75, 3.05) is 13.2 Å². The summed E-state index contributed by atoms with van der Waals surface area (Å²) >= 11 is 0. The van der Waals surface area contributed by atoms with Gasteiger partial charge in [0.1, 0.15) is 12.6 Å². The highest BCUT2D eigenvalue weighted by Gasteiger charge is 2.15. The lowest BCUT2D eigenvalue weighted by Gasteiger charge is -2.12. The van der Waals surface area contributed by atoms with E-state index >= 15 is 0 Å². The Balaban J connectivity index is 3.87. The number of esters is 1. The molecular formula is C10H18N2O4. The smallest absolute Gasteiger partial charge is 0.325 e. The topological polar surface area (TPSA) is 84.5 Å². The summed E-state index contributed by atoms with van der Waals surface area (Å²) < 4.78 is 4.63. The summed E-state index contributed by atoms with van der Waals surface area (Å²) in [5.41, 5.74) is 0. The normalized spacial score (nSPS) is 11.4. The number of carbonyl (C=O) groups is 3. The van der Waals surface area contributed by atoms with Crippen molar-refractivity contribution in [1.29, 1.82) is 0 Å². The lowest BCUT2D eigenvalue weighted by atomic mass is 10.3. The number of rotatable bonds is 6. The zero-order valence-corrected chi connectivity index (χ0v) is 9.83. The molecular weight excluding hydrogens is 212 g/mol. The average Bonchev–Trinajstić information content (AvgIpc) is 2.25. The molecule has 0 aliphatic carbocycles. The highest BCUT2D eigenvalue weighted by atomic mass is 16.5. The van der Waals surface area contributed by atoms with Crippen LogP contribution in [0.3, 0.4) is 0 Å². The highest BCUT2D eigenvalue weighted by Crippen LogP contribution is 1.85. The van der Waals surface area contributed by atoms with Gasteiger partial charge in [0.15, 0.2) is 0 Å². The van der Waals surface area contributed by atoms with Gasteiger partial charge in [-0.15, -0.1) is 0 Å². The second-order valence-corrected chi connectivity index (χ2v) is 3.17. The van der Waals surface area contributed by atoms with Crippen LogP contribution in [0.2, 0.25) is 0 Å². The Morgan fingerprint density at radius 3 is 2.38 bits per heavy atom. The molecule has 0 saturated heterocycles. The molecule has 6 nitrogen and oxygen atoms in total. The van der Waals surface area contributed by atoms with E-state index in [1.807, 2.05) is 0 Å². The molecule has 0 rings (SSSR count). The van der Waals surface area contributed by atoms with Crippen LogP contribution in [0.15, 0.2) is 0 Å². The standard InChI is InChI=1S/C10H18N2O4/c1-4-8(13)12-7(3)10(15)11-6-9(14)16-5-2/h7H,4-6H2,1-3H3,(H,11,15)(H,12,13). The van der Waals surface area contributed by atoms with Crippen molar-refractivity contribution in [3.05, 3.63) is 0 Å². The van der Waals surface area contributed by atoms with Gasteiger partial charge in [0.25, 0.3) is 0 Å². The van der Waals surface area contributed by atoms with Crippen LogP contribution in [0, 0.1) is 0 Å². The van der Waals surface area contributed by atoms with Gasteiger partial charge in [0.2, 0.25) is 11.8 Å². The van der Waals surface area contributed by atoms with Crippen LogP contribution in [0.1, 0.15) is 27.2 Å². The van der Waals surface area contributed by atoms with Crippen molar-refractivity contribution >= 4 is 17.8 Å². The summed E-state index contributed by atoms with van der Waals surface area (Å²) in [6.45, 7) is 5.02. The Morgan fingerprint density at radius 2 is 1.88 bits per heavy atom. The number of hydrogen-bond donors (Lipinski definition) is 2. The quantitative estimate of drug-likeness (QED) is 0.607. The van der Waals surface area contributed by atoms with E-state index < -0.39 is 17.9 Å². The zero-order chi connectivity index (χ0) is 12.6. The van der Waals surface area contributed by atoms with Gasteiger partial charge in [-0.1, -0.05) is 6.92 Å². The fourth-order valence-corrected chi connectivity index (χ4v) is 0.933. The van der Waals surface area contributed by atoms with Gasteiger partial charge in [0.05, 0.1) is 6.61 Å². The first-order chi connectivity index (χ1) is 7.51. The molecule has 2 N–H and O–H groups in total. The van der Waals surface area contributed by atoms with Gasteiger partial charge < -0.3 is 15.4 Å².